The van der Waals surface area contributed by atoms with E-state index in [1.807, 2.05) is 33.2 Å². The second-order valence-corrected chi connectivity index (χ2v) is 11.7. The molecule has 3 aliphatic heterocycles. The Balaban J connectivity index is 0.000000843. The van der Waals surface area contributed by atoms with E-state index in [2.05, 4.69) is 32.6 Å². The van der Waals surface area contributed by atoms with Gasteiger partial charge in [0.15, 0.2) is 5.82 Å². The lowest BCUT2D eigenvalue weighted by atomic mass is 9.61. The van der Waals surface area contributed by atoms with Crippen molar-refractivity contribution >= 4 is 18.1 Å². The summed E-state index contributed by atoms with van der Waals surface area (Å²) in [6.07, 6.45) is 6.62. The molecule has 0 unspecified atom stereocenters. The molecule has 4 heterocycles. The van der Waals surface area contributed by atoms with Gasteiger partial charge >= 0.3 is 6.03 Å². The van der Waals surface area contributed by atoms with E-state index in [-0.39, 0.29) is 30.7 Å². The van der Waals surface area contributed by atoms with Gasteiger partial charge in [-0.15, -0.1) is 0 Å². The van der Waals surface area contributed by atoms with E-state index in [4.69, 9.17) is 4.79 Å². The number of nitrogens with zero attached hydrogens (tertiary/aromatic N) is 6. The first-order valence-corrected chi connectivity index (χ1v) is 13.6. The van der Waals surface area contributed by atoms with Gasteiger partial charge in [-0.05, 0) is 43.4 Å². The number of primary amides is 1. The SMILES string of the molecule is NC=O.O=C(N1CC(c2ccc(N3CCC(F)(F)CC3)cc2)C1)N1CC2(CC(n3cnc(C4CC4)n3)C2)C1. The molecule has 5 fully saturated rings. The Morgan fingerprint density at radius 2 is 1.63 bits per heavy atom. The van der Waals surface area contributed by atoms with Crippen molar-refractivity contribution in [1.82, 2.24) is 24.6 Å². The Labute approximate surface area is 220 Å². The third-order valence-corrected chi connectivity index (χ3v) is 8.88. The summed E-state index contributed by atoms with van der Waals surface area (Å²) < 4.78 is 28.9. The summed E-state index contributed by atoms with van der Waals surface area (Å²) in [5, 5.41) is 4.68. The Morgan fingerprint density at radius 1 is 1.00 bits per heavy atom. The molecule has 2 aromatic rings. The molecule has 0 bridgehead atoms. The number of likely N-dealkylation sites (tertiary alicyclic amines) is 2. The lowest BCUT2D eigenvalue weighted by Crippen LogP contribution is -2.67. The lowest BCUT2D eigenvalue weighted by molar-refractivity contribution is -0.106. The number of amides is 3. The molecule has 2 N–H and O–H groups in total. The van der Waals surface area contributed by atoms with Crippen molar-refractivity contribution in [3.05, 3.63) is 42.0 Å². The summed E-state index contributed by atoms with van der Waals surface area (Å²) in [5.74, 6) is -0.568. The van der Waals surface area contributed by atoms with E-state index in [0.717, 1.165) is 50.5 Å². The standard InChI is InChI=1S/C26H32F2N6O.CH3NO/c27-26(28)7-9-31(10-8-26)21-5-3-18(4-6-21)20-13-32(14-20)24(35)33-15-25(16-33)11-22(12-25)34-17-29-23(30-34)19-1-2-19;2-1-3/h3-6,17,19-20,22H,1-2,7-16H2;1H,(H2,2,3). The lowest BCUT2D eigenvalue weighted by Gasteiger charge is -2.60. The van der Waals surface area contributed by atoms with Crippen LogP contribution in [0, 0.1) is 5.41 Å². The Kier molecular flexibility index (Phi) is 6.26. The first-order valence-electron chi connectivity index (χ1n) is 13.6. The van der Waals surface area contributed by atoms with Crippen LogP contribution >= 0.6 is 0 Å². The molecule has 3 amide bonds. The molecule has 5 aliphatic rings. The zero-order valence-corrected chi connectivity index (χ0v) is 21.5. The average molecular weight is 528 g/mol. The highest BCUT2D eigenvalue weighted by Crippen LogP contribution is 2.54. The number of hydrogen-bond acceptors (Lipinski definition) is 5. The Bertz CT molecular complexity index is 1150. The number of benzene rings is 1. The van der Waals surface area contributed by atoms with Crippen LogP contribution in [0.3, 0.4) is 0 Å². The number of hydrogen-bond donors (Lipinski definition) is 1. The quantitative estimate of drug-likeness (QED) is 0.615. The molecule has 38 heavy (non-hydrogen) atoms. The number of alkyl halides is 2. The van der Waals surface area contributed by atoms with Crippen molar-refractivity contribution in [3.63, 3.8) is 0 Å². The average Bonchev–Trinajstić information content (AvgIpc) is 3.55. The van der Waals surface area contributed by atoms with Crippen LogP contribution in [0.15, 0.2) is 30.6 Å². The number of halogens is 2. The van der Waals surface area contributed by atoms with Crippen molar-refractivity contribution in [2.45, 2.75) is 62.3 Å². The number of urea groups is 1. The van der Waals surface area contributed by atoms with Crippen molar-refractivity contribution in [2.75, 3.05) is 44.2 Å². The Hall–Kier alpha value is -3.24. The highest BCUT2D eigenvalue weighted by atomic mass is 19.3. The molecule has 2 aliphatic carbocycles. The number of aromatic nitrogens is 3. The van der Waals surface area contributed by atoms with E-state index < -0.39 is 5.92 Å². The van der Waals surface area contributed by atoms with Gasteiger partial charge in [0.05, 0.1) is 6.04 Å². The second kappa shape index (κ2) is 9.50. The summed E-state index contributed by atoms with van der Waals surface area (Å²) in [6.45, 7) is 4.02. The zero-order chi connectivity index (χ0) is 26.5. The maximum Gasteiger partial charge on any atom is 0.320 e. The highest BCUT2D eigenvalue weighted by Gasteiger charge is 2.55. The third-order valence-electron chi connectivity index (χ3n) is 8.88. The number of anilines is 1. The highest BCUT2D eigenvalue weighted by molar-refractivity contribution is 5.77. The number of rotatable bonds is 4. The summed E-state index contributed by atoms with van der Waals surface area (Å²) in [6, 6.07) is 8.88. The van der Waals surface area contributed by atoms with Crippen LogP contribution in [0.5, 0.6) is 0 Å². The molecule has 2 saturated carbocycles. The molecule has 1 spiro atoms. The Morgan fingerprint density at radius 3 is 2.24 bits per heavy atom. The maximum atomic E-state index is 13.4. The first-order chi connectivity index (χ1) is 18.3. The molecular formula is C27H35F2N7O2. The van der Waals surface area contributed by atoms with Gasteiger partial charge in [0, 0.05) is 75.0 Å². The minimum absolute atomic E-state index is 0.0747. The molecule has 1 aromatic heterocycles. The summed E-state index contributed by atoms with van der Waals surface area (Å²) in [5.41, 5.74) is 6.68. The maximum absolute atomic E-state index is 13.4. The molecule has 9 nitrogen and oxygen atoms in total. The van der Waals surface area contributed by atoms with Crippen molar-refractivity contribution < 1.29 is 18.4 Å². The van der Waals surface area contributed by atoms with Crippen molar-refractivity contribution in [3.8, 4) is 0 Å². The van der Waals surface area contributed by atoms with E-state index in [1.54, 1.807) is 0 Å². The van der Waals surface area contributed by atoms with Gasteiger partial charge in [0.2, 0.25) is 6.41 Å². The zero-order valence-electron chi connectivity index (χ0n) is 21.5. The predicted molar refractivity (Wildman–Crippen MR) is 137 cm³/mol. The van der Waals surface area contributed by atoms with E-state index in [1.165, 1.54) is 18.4 Å². The van der Waals surface area contributed by atoms with Gasteiger partial charge in [0.1, 0.15) is 6.33 Å². The largest absolute Gasteiger partial charge is 0.372 e. The minimum Gasteiger partial charge on any atom is -0.372 e. The summed E-state index contributed by atoms with van der Waals surface area (Å²) in [4.78, 5) is 32.0. The molecule has 0 atom stereocenters. The normalized spacial score (nSPS) is 24.1. The van der Waals surface area contributed by atoms with Crippen LogP contribution in [0.4, 0.5) is 19.3 Å². The molecule has 1 aromatic carbocycles. The molecule has 204 valence electrons. The van der Waals surface area contributed by atoms with Crippen LogP contribution in [0.1, 0.15) is 67.8 Å². The molecule has 0 radical (unpaired) electrons. The molecule has 3 saturated heterocycles. The number of carbonyl (C=O) groups is 2. The fraction of sp³-hybridized carbons (Fsp3) is 0.630. The molecule has 7 rings (SSSR count). The van der Waals surface area contributed by atoms with Crippen molar-refractivity contribution in [2.24, 2.45) is 11.1 Å². The van der Waals surface area contributed by atoms with Crippen LogP contribution in [0.2, 0.25) is 0 Å². The van der Waals surface area contributed by atoms with Crippen LogP contribution < -0.4 is 10.6 Å². The fourth-order valence-electron chi connectivity index (χ4n) is 6.37. The second-order valence-electron chi connectivity index (χ2n) is 11.7. The fourth-order valence-corrected chi connectivity index (χ4v) is 6.37. The number of piperidine rings is 1. The van der Waals surface area contributed by atoms with Crippen LogP contribution in [-0.2, 0) is 4.79 Å². The van der Waals surface area contributed by atoms with Gasteiger partial charge in [-0.2, -0.15) is 5.10 Å². The number of carbonyl (C=O) groups excluding carboxylic acids is 2. The van der Waals surface area contributed by atoms with E-state index in [0.29, 0.717) is 31.0 Å². The summed E-state index contributed by atoms with van der Waals surface area (Å²) in [7, 11) is 0. The summed E-state index contributed by atoms with van der Waals surface area (Å²) >= 11 is 0. The van der Waals surface area contributed by atoms with Gasteiger partial charge in [-0.25, -0.2) is 23.2 Å². The van der Waals surface area contributed by atoms with Crippen LogP contribution in [0.25, 0.3) is 0 Å². The van der Waals surface area contributed by atoms with Crippen LogP contribution in [-0.4, -0.2) is 82.2 Å². The third kappa shape index (κ3) is 4.82. The first kappa shape index (κ1) is 25.1. The topological polar surface area (TPSA) is 101 Å². The van der Waals surface area contributed by atoms with Gasteiger partial charge in [0.25, 0.3) is 5.92 Å². The van der Waals surface area contributed by atoms with Gasteiger partial charge in [-0.3, -0.25) is 4.79 Å². The van der Waals surface area contributed by atoms with E-state index >= 15 is 0 Å². The van der Waals surface area contributed by atoms with E-state index in [9.17, 15) is 13.6 Å². The minimum atomic E-state index is -2.52. The monoisotopic (exact) mass is 527 g/mol. The predicted octanol–water partition coefficient (Wildman–Crippen LogP) is 3.35. The van der Waals surface area contributed by atoms with Gasteiger partial charge in [-0.1, -0.05) is 12.1 Å². The molecular weight excluding hydrogens is 492 g/mol. The number of nitrogens with two attached hydrogens (primary N) is 1. The van der Waals surface area contributed by atoms with Gasteiger partial charge < -0.3 is 20.4 Å². The van der Waals surface area contributed by atoms with Crippen molar-refractivity contribution in [1.29, 1.82) is 0 Å². The molecule has 11 heteroatoms. The smallest absolute Gasteiger partial charge is 0.320 e.